The number of esters is 1. The summed E-state index contributed by atoms with van der Waals surface area (Å²) in [6, 6.07) is 16.8. The van der Waals surface area contributed by atoms with E-state index in [-0.39, 0.29) is 24.1 Å². The number of carbonyl (C=O) groups is 2. The van der Waals surface area contributed by atoms with E-state index in [1.54, 1.807) is 38.1 Å². The SMILES string of the molecule is CCOC(=O)/C(C)=C\CN(C(=O)CS(=O)(=O)c1ccccc1)[C@H](C)c1ccccc1. The highest BCUT2D eigenvalue weighted by atomic mass is 32.2. The highest BCUT2D eigenvalue weighted by Gasteiger charge is 2.27. The largest absolute Gasteiger partial charge is 0.463 e. The number of carbonyl (C=O) groups excluding carboxylic acids is 2. The molecule has 0 unspecified atom stereocenters. The maximum absolute atomic E-state index is 13.1. The number of rotatable bonds is 9. The molecule has 0 heterocycles. The van der Waals surface area contributed by atoms with Gasteiger partial charge in [-0.05, 0) is 38.5 Å². The Labute approximate surface area is 178 Å². The first-order valence-electron chi connectivity index (χ1n) is 9.72. The Morgan fingerprint density at radius 1 is 1.03 bits per heavy atom. The van der Waals surface area contributed by atoms with Crippen molar-refractivity contribution in [3.63, 3.8) is 0 Å². The summed E-state index contributed by atoms with van der Waals surface area (Å²) >= 11 is 0. The second kappa shape index (κ2) is 10.7. The highest BCUT2D eigenvalue weighted by Crippen LogP contribution is 2.22. The number of ether oxygens (including phenoxy) is 1. The third-order valence-corrected chi connectivity index (χ3v) is 6.29. The fraction of sp³-hybridized carbons (Fsp3) is 0.304. The maximum atomic E-state index is 13.1. The van der Waals surface area contributed by atoms with Gasteiger partial charge in [0, 0.05) is 12.1 Å². The summed E-state index contributed by atoms with van der Waals surface area (Å²) in [5.41, 5.74) is 1.23. The first-order chi connectivity index (χ1) is 14.3. The zero-order valence-corrected chi connectivity index (χ0v) is 18.3. The van der Waals surface area contributed by atoms with Crippen LogP contribution in [0.1, 0.15) is 32.4 Å². The van der Waals surface area contributed by atoms with E-state index in [1.165, 1.54) is 17.0 Å². The first kappa shape index (κ1) is 23.3. The van der Waals surface area contributed by atoms with E-state index in [1.807, 2.05) is 37.3 Å². The van der Waals surface area contributed by atoms with Crippen molar-refractivity contribution >= 4 is 21.7 Å². The van der Waals surface area contributed by atoms with Crippen molar-refractivity contribution < 1.29 is 22.7 Å². The molecule has 0 aromatic heterocycles. The van der Waals surface area contributed by atoms with Crippen LogP contribution >= 0.6 is 0 Å². The maximum Gasteiger partial charge on any atom is 0.333 e. The Morgan fingerprint density at radius 2 is 1.60 bits per heavy atom. The topological polar surface area (TPSA) is 80.8 Å². The van der Waals surface area contributed by atoms with Gasteiger partial charge < -0.3 is 9.64 Å². The number of benzene rings is 2. The Morgan fingerprint density at radius 3 is 2.17 bits per heavy atom. The molecule has 1 amide bonds. The van der Waals surface area contributed by atoms with Crippen LogP contribution in [0.3, 0.4) is 0 Å². The van der Waals surface area contributed by atoms with Gasteiger partial charge in [0.2, 0.25) is 5.91 Å². The smallest absolute Gasteiger partial charge is 0.333 e. The summed E-state index contributed by atoms with van der Waals surface area (Å²) in [5.74, 6) is -1.65. The van der Waals surface area contributed by atoms with Crippen LogP contribution in [-0.4, -0.2) is 44.1 Å². The zero-order chi connectivity index (χ0) is 22.1. The normalized spacial score (nSPS) is 12.8. The van der Waals surface area contributed by atoms with Crippen LogP contribution in [0.15, 0.2) is 77.2 Å². The molecule has 6 nitrogen and oxygen atoms in total. The molecule has 30 heavy (non-hydrogen) atoms. The standard InChI is InChI=1S/C23H27NO5S/c1-4-29-23(26)18(2)15-16-24(19(3)20-11-7-5-8-12-20)22(25)17-30(27,28)21-13-9-6-10-14-21/h5-15,19H,4,16-17H2,1-3H3/b18-15-/t19-/m1/s1. The first-order valence-corrected chi connectivity index (χ1v) is 11.4. The molecule has 0 aliphatic rings. The van der Waals surface area contributed by atoms with Crippen molar-refractivity contribution in [1.29, 1.82) is 0 Å². The van der Waals surface area contributed by atoms with Gasteiger partial charge in [0.05, 0.1) is 17.5 Å². The molecule has 2 aromatic rings. The minimum Gasteiger partial charge on any atom is -0.463 e. The lowest BCUT2D eigenvalue weighted by molar-refractivity contribution is -0.138. The quantitative estimate of drug-likeness (QED) is 0.450. The summed E-state index contributed by atoms with van der Waals surface area (Å²) in [5, 5.41) is 0. The minimum atomic E-state index is -3.79. The average Bonchev–Trinajstić information content (AvgIpc) is 2.74. The number of hydrogen-bond donors (Lipinski definition) is 0. The van der Waals surface area contributed by atoms with E-state index in [0.29, 0.717) is 5.57 Å². The highest BCUT2D eigenvalue weighted by molar-refractivity contribution is 7.92. The predicted molar refractivity (Wildman–Crippen MR) is 115 cm³/mol. The summed E-state index contributed by atoms with van der Waals surface area (Å²) in [6.45, 7) is 5.49. The Balaban J connectivity index is 2.29. The van der Waals surface area contributed by atoms with Gasteiger partial charge in [-0.2, -0.15) is 0 Å². The van der Waals surface area contributed by atoms with Crippen LogP contribution in [0.25, 0.3) is 0 Å². The van der Waals surface area contributed by atoms with Gasteiger partial charge in [0.25, 0.3) is 0 Å². The molecule has 0 radical (unpaired) electrons. The van der Waals surface area contributed by atoms with Crippen molar-refractivity contribution in [2.24, 2.45) is 0 Å². The number of sulfone groups is 1. The van der Waals surface area contributed by atoms with E-state index >= 15 is 0 Å². The molecule has 0 aliphatic heterocycles. The van der Waals surface area contributed by atoms with Gasteiger partial charge in [0.15, 0.2) is 9.84 Å². The molecule has 0 aliphatic carbocycles. The summed E-state index contributed by atoms with van der Waals surface area (Å²) in [6.07, 6.45) is 1.59. The lowest BCUT2D eigenvalue weighted by Gasteiger charge is -2.29. The fourth-order valence-electron chi connectivity index (χ4n) is 2.91. The molecule has 7 heteroatoms. The van der Waals surface area contributed by atoms with E-state index in [9.17, 15) is 18.0 Å². The molecule has 0 fully saturated rings. The predicted octanol–water partition coefficient (Wildman–Crippen LogP) is 3.56. The van der Waals surface area contributed by atoms with E-state index in [0.717, 1.165) is 5.56 Å². The molecule has 2 rings (SSSR count). The number of amides is 1. The molecule has 0 saturated heterocycles. The van der Waals surface area contributed by atoms with E-state index < -0.39 is 27.5 Å². The number of hydrogen-bond acceptors (Lipinski definition) is 5. The molecule has 160 valence electrons. The lowest BCUT2D eigenvalue weighted by atomic mass is 10.1. The summed E-state index contributed by atoms with van der Waals surface area (Å²) < 4.78 is 30.4. The third kappa shape index (κ3) is 6.29. The Kier molecular flexibility index (Phi) is 8.35. The molecule has 0 saturated carbocycles. The van der Waals surface area contributed by atoms with Crippen molar-refractivity contribution in [2.45, 2.75) is 31.7 Å². The van der Waals surface area contributed by atoms with Gasteiger partial charge in [-0.15, -0.1) is 0 Å². The number of nitrogens with zero attached hydrogens (tertiary/aromatic N) is 1. The third-order valence-electron chi connectivity index (χ3n) is 4.68. The van der Waals surface area contributed by atoms with Gasteiger partial charge in [0.1, 0.15) is 5.75 Å². The second-order valence-electron chi connectivity index (χ2n) is 6.81. The van der Waals surface area contributed by atoms with Crippen molar-refractivity contribution in [3.05, 3.63) is 77.9 Å². The van der Waals surface area contributed by atoms with Crippen molar-refractivity contribution in [3.8, 4) is 0 Å². The van der Waals surface area contributed by atoms with Crippen molar-refractivity contribution in [1.82, 2.24) is 4.90 Å². The summed E-state index contributed by atoms with van der Waals surface area (Å²) in [7, 11) is -3.79. The van der Waals surface area contributed by atoms with Gasteiger partial charge in [-0.25, -0.2) is 13.2 Å². The van der Waals surface area contributed by atoms with Crippen LogP contribution in [-0.2, 0) is 24.2 Å². The van der Waals surface area contributed by atoms with Gasteiger partial charge in [-0.1, -0.05) is 54.6 Å². The van der Waals surface area contributed by atoms with Crippen molar-refractivity contribution in [2.75, 3.05) is 18.9 Å². The molecule has 0 bridgehead atoms. The second-order valence-corrected chi connectivity index (χ2v) is 8.80. The summed E-state index contributed by atoms with van der Waals surface area (Å²) in [4.78, 5) is 26.5. The van der Waals surface area contributed by atoms with Crippen LogP contribution in [0.4, 0.5) is 0 Å². The lowest BCUT2D eigenvalue weighted by Crippen LogP contribution is -2.38. The van der Waals surface area contributed by atoms with Gasteiger partial charge in [-0.3, -0.25) is 4.79 Å². The van der Waals surface area contributed by atoms with Gasteiger partial charge >= 0.3 is 5.97 Å². The van der Waals surface area contributed by atoms with Crippen LogP contribution < -0.4 is 0 Å². The molecule has 0 N–H and O–H groups in total. The van der Waals surface area contributed by atoms with Crippen LogP contribution in [0, 0.1) is 0 Å². The minimum absolute atomic E-state index is 0.0872. The van der Waals surface area contributed by atoms with Crippen LogP contribution in [0.5, 0.6) is 0 Å². The molecule has 1 atom stereocenters. The Bertz CT molecular complexity index is 985. The van der Waals surface area contributed by atoms with E-state index in [2.05, 4.69) is 0 Å². The average molecular weight is 430 g/mol. The molecule has 2 aromatic carbocycles. The molecular weight excluding hydrogens is 402 g/mol. The monoisotopic (exact) mass is 429 g/mol. The zero-order valence-electron chi connectivity index (χ0n) is 17.4. The fourth-order valence-corrected chi connectivity index (χ4v) is 4.14. The molecule has 0 spiro atoms. The Hall–Kier alpha value is -2.93. The van der Waals surface area contributed by atoms with E-state index in [4.69, 9.17) is 4.74 Å². The van der Waals surface area contributed by atoms with Crippen LogP contribution in [0.2, 0.25) is 0 Å². The molecular formula is C23H27NO5S.